The fourth-order valence-corrected chi connectivity index (χ4v) is 4.15. The lowest BCUT2D eigenvalue weighted by Crippen LogP contribution is -1.96. The van der Waals surface area contributed by atoms with Crippen molar-refractivity contribution < 1.29 is 23.5 Å². The summed E-state index contributed by atoms with van der Waals surface area (Å²) in [4.78, 5) is 0. The Balaban J connectivity index is 2.66. The highest BCUT2D eigenvalue weighted by molar-refractivity contribution is 7.73. The van der Waals surface area contributed by atoms with E-state index in [0.29, 0.717) is 17.2 Å². The lowest BCUT2D eigenvalue weighted by Gasteiger charge is -2.17. The topological polar surface area (TPSA) is 54.0 Å². The first-order valence-electron chi connectivity index (χ1n) is 8.47. The van der Waals surface area contributed by atoms with Crippen LogP contribution in [0.4, 0.5) is 0 Å². The third kappa shape index (κ3) is 4.67. The van der Waals surface area contributed by atoms with Crippen molar-refractivity contribution in [3.05, 3.63) is 47.0 Å². The number of hydrogen-bond acceptors (Lipinski definition) is 5. The summed E-state index contributed by atoms with van der Waals surface area (Å²) in [7, 11) is 3.78. The average Bonchev–Trinajstić information content (AvgIpc) is 2.64. The van der Waals surface area contributed by atoms with Gasteiger partial charge < -0.3 is 23.5 Å². The van der Waals surface area contributed by atoms with Gasteiger partial charge in [0.1, 0.15) is 12.9 Å². The highest BCUT2D eigenvalue weighted by atomic mass is 31.2. The Morgan fingerprint density at radius 2 is 1.41 bits per heavy atom. The zero-order valence-corrected chi connectivity index (χ0v) is 17.8. The molecule has 146 valence electrons. The molecule has 0 saturated heterocycles. The SMILES string of the molecule is COc1ccc(/C(=C\c2cc(OC)c(OC)c(OC)c2)P(C)(C)=O)cc1C. The summed E-state index contributed by atoms with van der Waals surface area (Å²) in [5, 5.41) is 0.766. The molecule has 27 heavy (non-hydrogen) atoms. The highest BCUT2D eigenvalue weighted by Gasteiger charge is 2.19. The fraction of sp³-hybridized carbons (Fsp3) is 0.333. The van der Waals surface area contributed by atoms with Crippen molar-refractivity contribution in [2.45, 2.75) is 6.92 Å². The Morgan fingerprint density at radius 1 is 0.852 bits per heavy atom. The lowest BCUT2D eigenvalue weighted by molar-refractivity contribution is 0.324. The van der Waals surface area contributed by atoms with E-state index in [1.165, 1.54) is 0 Å². The summed E-state index contributed by atoms with van der Waals surface area (Å²) in [6, 6.07) is 9.49. The molecule has 0 N–H and O–H groups in total. The number of benzene rings is 2. The van der Waals surface area contributed by atoms with E-state index in [1.54, 1.807) is 41.8 Å². The minimum absolute atomic E-state index is 0.523. The maximum Gasteiger partial charge on any atom is 0.203 e. The summed E-state index contributed by atoms with van der Waals surface area (Å²) in [6.07, 6.45) is 1.91. The molecule has 0 aliphatic carbocycles. The Morgan fingerprint density at radius 3 is 1.81 bits per heavy atom. The van der Waals surface area contributed by atoms with E-state index < -0.39 is 7.14 Å². The van der Waals surface area contributed by atoms with Crippen LogP contribution in [-0.4, -0.2) is 41.8 Å². The van der Waals surface area contributed by atoms with Crippen molar-refractivity contribution in [2.24, 2.45) is 0 Å². The van der Waals surface area contributed by atoms with Gasteiger partial charge in [0.15, 0.2) is 11.5 Å². The smallest absolute Gasteiger partial charge is 0.203 e. The molecule has 0 aliphatic heterocycles. The van der Waals surface area contributed by atoms with Crippen LogP contribution in [0, 0.1) is 6.92 Å². The Labute approximate surface area is 161 Å². The third-order valence-corrected chi connectivity index (χ3v) is 5.81. The molecule has 0 heterocycles. The van der Waals surface area contributed by atoms with Crippen LogP contribution in [0.5, 0.6) is 23.0 Å². The summed E-state index contributed by atoms with van der Waals surface area (Å²) in [6.45, 7) is 5.49. The first kappa shape index (κ1) is 20.9. The van der Waals surface area contributed by atoms with Gasteiger partial charge in [-0.1, -0.05) is 6.07 Å². The molecule has 5 nitrogen and oxygen atoms in total. The molecule has 0 saturated carbocycles. The van der Waals surface area contributed by atoms with Gasteiger partial charge >= 0.3 is 0 Å². The quantitative estimate of drug-likeness (QED) is 0.483. The number of methoxy groups -OCH3 is 4. The summed E-state index contributed by atoms with van der Waals surface area (Å²) < 4.78 is 34.6. The molecule has 0 fully saturated rings. The molecule has 0 spiro atoms. The molecule has 0 unspecified atom stereocenters. The van der Waals surface area contributed by atoms with Gasteiger partial charge in [0.25, 0.3) is 0 Å². The van der Waals surface area contributed by atoms with E-state index in [9.17, 15) is 4.57 Å². The lowest BCUT2D eigenvalue weighted by atomic mass is 10.1. The van der Waals surface area contributed by atoms with Crippen molar-refractivity contribution in [1.82, 2.24) is 0 Å². The van der Waals surface area contributed by atoms with Gasteiger partial charge in [-0.3, -0.25) is 0 Å². The van der Waals surface area contributed by atoms with Crippen LogP contribution < -0.4 is 18.9 Å². The molecule has 0 aromatic heterocycles. The van der Waals surface area contributed by atoms with Gasteiger partial charge in [-0.05, 0) is 67.3 Å². The molecule has 0 atom stereocenters. The second-order valence-electron chi connectivity index (χ2n) is 6.52. The molecule has 2 rings (SSSR count). The van der Waals surface area contributed by atoms with E-state index in [-0.39, 0.29) is 0 Å². The Bertz CT molecular complexity index is 870. The van der Waals surface area contributed by atoms with Crippen LogP contribution in [0.1, 0.15) is 16.7 Å². The first-order valence-corrected chi connectivity index (χ1v) is 11.1. The molecule has 0 radical (unpaired) electrons. The number of hydrogen-bond donors (Lipinski definition) is 0. The predicted molar refractivity (Wildman–Crippen MR) is 111 cm³/mol. The summed E-state index contributed by atoms with van der Waals surface area (Å²) >= 11 is 0. The van der Waals surface area contributed by atoms with Crippen molar-refractivity contribution in [2.75, 3.05) is 41.8 Å². The average molecular weight is 390 g/mol. The van der Waals surface area contributed by atoms with Gasteiger partial charge in [-0.25, -0.2) is 0 Å². The van der Waals surface area contributed by atoms with E-state index >= 15 is 0 Å². The Kier molecular flexibility index (Phi) is 6.61. The van der Waals surface area contributed by atoms with Crippen LogP contribution in [0.15, 0.2) is 30.3 Å². The monoisotopic (exact) mass is 390 g/mol. The number of ether oxygens (including phenoxy) is 4. The maximum atomic E-state index is 13.0. The van der Waals surface area contributed by atoms with Crippen molar-refractivity contribution in [1.29, 1.82) is 0 Å². The normalized spacial score (nSPS) is 11.9. The molecule has 0 amide bonds. The second-order valence-corrected chi connectivity index (χ2v) is 9.71. The van der Waals surface area contributed by atoms with Crippen LogP contribution >= 0.6 is 7.14 Å². The van der Waals surface area contributed by atoms with Crippen molar-refractivity contribution in [3.8, 4) is 23.0 Å². The Hall–Kier alpha value is -2.39. The second kappa shape index (κ2) is 8.53. The number of aryl methyl sites for hydroxylation is 1. The van der Waals surface area contributed by atoms with E-state index in [0.717, 1.165) is 27.8 Å². The van der Waals surface area contributed by atoms with E-state index in [1.807, 2.05) is 43.3 Å². The summed E-state index contributed by atoms with van der Waals surface area (Å²) in [5.41, 5.74) is 2.70. The minimum atomic E-state index is -2.57. The van der Waals surface area contributed by atoms with E-state index in [4.69, 9.17) is 18.9 Å². The van der Waals surface area contributed by atoms with Crippen molar-refractivity contribution in [3.63, 3.8) is 0 Å². The zero-order valence-electron chi connectivity index (χ0n) is 17.0. The molecule has 2 aromatic rings. The molecule has 6 heteroatoms. The van der Waals surface area contributed by atoms with Crippen LogP contribution in [0.25, 0.3) is 11.4 Å². The largest absolute Gasteiger partial charge is 0.496 e. The zero-order chi connectivity index (χ0) is 20.2. The molecular weight excluding hydrogens is 363 g/mol. The van der Waals surface area contributed by atoms with Crippen LogP contribution in [-0.2, 0) is 4.57 Å². The standard InChI is InChI=1S/C21H27O5P/c1-14-10-16(8-9-17(14)23-2)20(27(6,7)22)13-15-11-18(24-3)21(26-5)19(12-15)25-4/h8-13H,1-7H3/b20-13+. The van der Waals surface area contributed by atoms with Gasteiger partial charge in [0.05, 0.1) is 28.4 Å². The fourth-order valence-electron chi connectivity index (χ4n) is 2.93. The van der Waals surface area contributed by atoms with E-state index in [2.05, 4.69) is 0 Å². The molecule has 0 aliphatic rings. The molecule has 2 aromatic carbocycles. The molecular formula is C21H27O5P. The van der Waals surface area contributed by atoms with Gasteiger partial charge in [-0.15, -0.1) is 0 Å². The van der Waals surface area contributed by atoms with Gasteiger partial charge in [0, 0.05) is 5.31 Å². The maximum absolute atomic E-state index is 13.0. The number of rotatable bonds is 7. The van der Waals surface area contributed by atoms with Crippen molar-refractivity contribution >= 4 is 18.5 Å². The van der Waals surface area contributed by atoms with Crippen LogP contribution in [0.3, 0.4) is 0 Å². The highest BCUT2D eigenvalue weighted by Crippen LogP contribution is 2.53. The van der Waals surface area contributed by atoms with Gasteiger partial charge in [-0.2, -0.15) is 0 Å². The molecule has 0 bridgehead atoms. The van der Waals surface area contributed by atoms with Gasteiger partial charge in [0.2, 0.25) is 5.75 Å². The first-order chi connectivity index (χ1) is 12.7. The minimum Gasteiger partial charge on any atom is -0.496 e. The predicted octanol–water partition coefficient (Wildman–Crippen LogP) is 5.15. The van der Waals surface area contributed by atoms with Crippen LogP contribution in [0.2, 0.25) is 0 Å². The third-order valence-electron chi connectivity index (χ3n) is 4.26. The summed E-state index contributed by atoms with van der Waals surface area (Å²) in [5.74, 6) is 2.42.